The number of likely N-dealkylation sites (N-methyl/N-ethyl adjacent to an activating group) is 1. The molecular weight excluding hydrogens is 304 g/mol. The quantitative estimate of drug-likeness (QED) is 0.849. The lowest BCUT2D eigenvalue weighted by Gasteiger charge is -2.42. The van der Waals surface area contributed by atoms with E-state index in [1.165, 1.54) is 0 Å². The minimum atomic E-state index is -0.423. The van der Waals surface area contributed by atoms with Crippen molar-refractivity contribution in [3.05, 3.63) is 18.5 Å². The second-order valence-electron chi connectivity index (χ2n) is 8.15. The normalized spacial score (nSPS) is 26.9. The number of carbonyl (C=O) groups is 1. The lowest BCUT2D eigenvalue weighted by atomic mass is 9.96. The Hall–Kier alpha value is -1.56. The third-order valence-corrected chi connectivity index (χ3v) is 5.18. The van der Waals surface area contributed by atoms with E-state index in [1.54, 1.807) is 0 Å². The van der Waals surface area contributed by atoms with E-state index >= 15 is 0 Å². The zero-order valence-corrected chi connectivity index (χ0v) is 15.3. The molecule has 6 nitrogen and oxygen atoms in total. The van der Waals surface area contributed by atoms with Crippen LogP contribution >= 0.6 is 0 Å². The van der Waals surface area contributed by atoms with Gasteiger partial charge in [-0.15, -0.1) is 0 Å². The Labute approximate surface area is 144 Å². The van der Waals surface area contributed by atoms with E-state index in [0.717, 1.165) is 38.8 Å². The van der Waals surface area contributed by atoms with Crippen molar-refractivity contribution in [1.82, 2.24) is 19.6 Å². The van der Waals surface area contributed by atoms with Gasteiger partial charge in [-0.2, -0.15) is 5.10 Å². The first kappa shape index (κ1) is 17.3. The van der Waals surface area contributed by atoms with Gasteiger partial charge in [0.1, 0.15) is 5.60 Å². The Morgan fingerprint density at radius 2 is 1.96 bits per heavy atom. The number of hydrogen-bond acceptors (Lipinski definition) is 4. The monoisotopic (exact) mass is 334 g/mol. The van der Waals surface area contributed by atoms with Gasteiger partial charge < -0.3 is 14.5 Å². The van der Waals surface area contributed by atoms with Gasteiger partial charge in [-0.1, -0.05) is 0 Å². The summed E-state index contributed by atoms with van der Waals surface area (Å²) in [4.78, 5) is 17.0. The van der Waals surface area contributed by atoms with Crippen LogP contribution in [0, 0.1) is 0 Å². The highest BCUT2D eigenvalue weighted by Gasteiger charge is 2.45. The summed E-state index contributed by atoms with van der Waals surface area (Å²) in [6.45, 7) is 7.69. The lowest BCUT2D eigenvalue weighted by Crippen LogP contribution is -2.53. The molecule has 1 aromatic heterocycles. The molecule has 3 heterocycles. The van der Waals surface area contributed by atoms with E-state index in [2.05, 4.69) is 17.0 Å². The van der Waals surface area contributed by atoms with Crippen LogP contribution in [-0.4, -0.2) is 63.0 Å². The SMILES string of the molecule is CN(CCn1cccn1)C1C[C@H]2CC[C@@H](C1)N2C(=O)OC(C)(C)C. The number of nitrogens with zero attached hydrogens (tertiary/aromatic N) is 4. The second kappa shape index (κ2) is 6.75. The summed E-state index contributed by atoms with van der Waals surface area (Å²) in [5, 5.41) is 4.27. The Kier molecular flexibility index (Phi) is 4.85. The van der Waals surface area contributed by atoms with Gasteiger partial charge in [0.25, 0.3) is 0 Å². The number of hydrogen-bond donors (Lipinski definition) is 0. The van der Waals surface area contributed by atoms with Crippen molar-refractivity contribution in [1.29, 1.82) is 0 Å². The van der Waals surface area contributed by atoms with Crippen LogP contribution in [0.15, 0.2) is 18.5 Å². The number of fused-ring (bicyclic) bond motifs is 2. The Morgan fingerprint density at radius 1 is 1.29 bits per heavy atom. The van der Waals surface area contributed by atoms with Gasteiger partial charge in [-0.05, 0) is 59.6 Å². The smallest absolute Gasteiger partial charge is 0.410 e. The number of aromatic nitrogens is 2. The van der Waals surface area contributed by atoms with Crippen LogP contribution in [0.25, 0.3) is 0 Å². The van der Waals surface area contributed by atoms with Gasteiger partial charge in [0.2, 0.25) is 0 Å². The first-order chi connectivity index (χ1) is 11.3. The van der Waals surface area contributed by atoms with Gasteiger partial charge in [-0.25, -0.2) is 4.79 Å². The Bertz CT molecular complexity index is 538. The maximum atomic E-state index is 12.5. The van der Waals surface area contributed by atoms with Crippen LogP contribution in [0.1, 0.15) is 46.5 Å². The summed E-state index contributed by atoms with van der Waals surface area (Å²) >= 11 is 0. The minimum absolute atomic E-state index is 0.132. The van der Waals surface area contributed by atoms with Crippen molar-refractivity contribution >= 4 is 6.09 Å². The molecule has 3 atom stereocenters. The van der Waals surface area contributed by atoms with E-state index < -0.39 is 5.60 Å². The lowest BCUT2D eigenvalue weighted by molar-refractivity contribution is -0.00241. The molecule has 2 aliphatic heterocycles. The highest BCUT2D eigenvalue weighted by atomic mass is 16.6. The van der Waals surface area contributed by atoms with Crippen molar-refractivity contribution < 1.29 is 9.53 Å². The number of ether oxygens (including phenoxy) is 1. The molecule has 3 rings (SSSR count). The van der Waals surface area contributed by atoms with Crippen LogP contribution < -0.4 is 0 Å². The van der Waals surface area contributed by atoms with E-state index in [4.69, 9.17) is 4.74 Å². The molecule has 0 N–H and O–H groups in total. The molecule has 6 heteroatoms. The molecule has 1 amide bonds. The predicted molar refractivity (Wildman–Crippen MR) is 92.8 cm³/mol. The van der Waals surface area contributed by atoms with Gasteiger partial charge >= 0.3 is 6.09 Å². The van der Waals surface area contributed by atoms with E-state index in [-0.39, 0.29) is 6.09 Å². The van der Waals surface area contributed by atoms with Crippen molar-refractivity contribution in [2.75, 3.05) is 13.6 Å². The van der Waals surface area contributed by atoms with Gasteiger partial charge in [-0.3, -0.25) is 4.68 Å². The first-order valence-corrected chi connectivity index (χ1v) is 9.02. The van der Waals surface area contributed by atoms with Gasteiger partial charge in [0.05, 0.1) is 6.54 Å². The molecular formula is C18H30N4O2. The fourth-order valence-corrected chi connectivity index (χ4v) is 4.00. The topological polar surface area (TPSA) is 50.6 Å². The van der Waals surface area contributed by atoms with Gasteiger partial charge in [0.15, 0.2) is 0 Å². The minimum Gasteiger partial charge on any atom is -0.444 e. The largest absolute Gasteiger partial charge is 0.444 e. The van der Waals surface area contributed by atoms with Crippen LogP contribution in [0.4, 0.5) is 4.79 Å². The predicted octanol–water partition coefficient (Wildman–Crippen LogP) is 2.75. The molecule has 0 saturated carbocycles. The third-order valence-electron chi connectivity index (χ3n) is 5.18. The molecule has 2 fully saturated rings. The molecule has 2 saturated heterocycles. The molecule has 2 aliphatic rings. The Morgan fingerprint density at radius 3 is 2.50 bits per heavy atom. The zero-order chi connectivity index (χ0) is 17.3. The first-order valence-electron chi connectivity index (χ1n) is 9.02. The van der Waals surface area contributed by atoms with E-state index in [9.17, 15) is 4.79 Å². The summed E-state index contributed by atoms with van der Waals surface area (Å²) in [5.74, 6) is 0. The van der Waals surface area contributed by atoms with Crippen LogP contribution in [0.5, 0.6) is 0 Å². The van der Waals surface area contributed by atoms with Crippen molar-refractivity contribution in [2.24, 2.45) is 0 Å². The molecule has 0 radical (unpaired) electrons. The van der Waals surface area contributed by atoms with Crippen molar-refractivity contribution in [2.45, 2.75) is 76.7 Å². The van der Waals surface area contributed by atoms with Crippen molar-refractivity contribution in [3.8, 4) is 0 Å². The maximum absolute atomic E-state index is 12.5. The third kappa shape index (κ3) is 3.91. The van der Waals surface area contributed by atoms with Crippen LogP contribution in [0.2, 0.25) is 0 Å². The second-order valence-corrected chi connectivity index (χ2v) is 8.15. The number of piperidine rings is 1. The molecule has 134 valence electrons. The number of rotatable bonds is 4. The molecule has 0 aliphatic carbocycles. The average molecular weight is 334 g/mol. The standard InChI is InChI=1S/C18H30N4O2/c1-18(2,3)24-17(23)22-14-6-7-15(22)13-16(12-14)20(4)10-11-21-9-5-8-19-21/h5,8-9,14-16H,6-7,10-13H2,1-4H3/t14-,15+,16?. The molecule has 1 aromatic rings. The number of amides is 1. The van der Waals surface area contributed by atoms with E-state index in [0.29, 0.717) is 18.1 Å². The summed E-state index contributed by atoms with van der Waals surface area (Å²) in [6, 6.07) is 3.16. The fourth-order valence-electron chi connectivity index (χ4n) is 4.00. The fraction of sp³-hybridized carbons (Fsp3) is 0.778. The van der Waals surface area contributed by atoms with Gasteiger partial charge in [0, 0.05) is 37.1 Å². The molecule has 2 bridgehead atoms. The molecule has 0 spiro atoms. The highest BCUT2D eigenvalue weighted by molar-refractivity contribution is 5.69. The maximum Gasteiger partial charge on any atom is 0.410 e. The highest BCUT2D eigenvalue weighted by Crippen LogP contribution is 2.38. The molecule has 0 aromatic carbocycles. The summed E-state index contributed by atoms with van der Waals surface area (Å²) in [6.07, 6.45) is 7.99. The van der Waals surface area contributed by atoms with Crippen LogP contribution in [0.3, 0.4) is 0 Å². The summed E-state index contributed by atoms with van der Waals surface area (Å²) in [7, 11) is 2.19. The Balaban J connectivity index is 1.55. The average Bonchev–Trinajstić information content (AvgIpc) is 3.09. The summed E-state index contributed by atoms with van der Waals surface area (Å²) < 4.78 is 7.59. The van der Waals surface area contributed by atoms with Crippen molar-refractivity contribution in [3.63, 3.8) is 0 Å². The number of carbonyl (C=O) groups excluding carboxylic acids is 1. The van der Waals surface area contributed by atoms with E-state index in [1.807, 2.05) is 48.8 Å². The zero-order valence-electron chi connectivity index (χ0n) is 15.3. The molecule has 24 heavy (non-hydrogen) atoms. The molecule has 1 unspecified atom stereocenters. The summed E-state index contributed by atoms with van der Waals surface area (Å²) in [5.41, 5.74) is -0.423. The van der Waals surface area contributed by atoms with Crippen LogP contribution in [-0.2, 0) is 11.3 Å².